The molecular weight excluding hydrogens is 412 g/mol. The monoisotopic (exact) mass is 429 g/mol. The molecule has 9 heteroatoms. The summed E-state index contributed by atoms with van der Waals surface area (Å²) < 4.78 is 28.6. The van der Waals surface area contributed by atoms with E-state index in [2.05, 4.69) is 15.0 Å². The summed E-state index contributed by atoms with van der Waals surface area (Å²) in [6.45, 7) is -1.45. The van der Waals surface area contributed by atoms with Crippen LogP contribution in [0.1, 0.15) is 12.6 Å². The van der Waals surface area contributed by atoms with Crippen molar-refractivity contribution >= 4 is 45.7 Å². The van der Waals surface area contributed by atoms with E-state index in [4.69, 9.17) is 0 Å². The van der Waals surface area contributed by atoms with E-state index >= 15 is 0 Å². The van der Waals surface area contributed by atoms with Gasteiger partial charge in [0.15, 0.2) is 5.13 Å². The molecule has 3 aromatic rings. The Morgan fingerprint density at radius 2 is 1.83 bits per heavy atom. The van der Waals surface area contributed by atoms with Crippen molar-refractivity contribution in [3.8, 4) is 5.75 Å². The highest BCUT2D eigenvalue weighted by Crippen LogP contribution is 2.29. The van der Waals surface area contributed by atoms with E-state index in [0.717, 1.165) is 0 Å². The number of ether oxygens (including phenoxy) is 1. The second-order valence-corrected chi connectivity index (χ2v) is 6.81. The van der Waals surface area contributed by atoms with Crippen molar-refractivity contribution in [1.82, 2.24) is 4.98 Å². The summed E-state index contributed by atoms with van der Waals surface area (Å²) in [5, 5.41) is 4.83. The van der Waals surface area contributed by atoms with Gasteiger partial charge in [-0.05, 0) is 42.5 Å². The summed E-state index contributed by atoms with van der Waals surface area (Å²) in [4.78, 5) is 30.0. The molecule has 3 rings (SSSR count). The maximum Gasteiger partial charge on any atom is 0.387 e. The van der Waals surface area contributed by atoms with Crippen molar-refractivity contribution in [2.24, 2.45) is 0 Å². The predicted molar refractivity (Wildman–Crippen MR) is 112 cm³/mol. The molecule has 2 amide bonds. The highest BCUT2D eigenvalue weighted by atomic mass is 32.1. The number of rotatable bonds is 7. The quantitative estimate of drug-likeness (QED) is 0.532. The zero-order valence-corrected chi connectivity index (χ0v) is 16.6. The van der Waals surface area contributed by atoms with Gasteiger partial charge in [0.05, 0.1) is 11.4 Å². The second-order valence-electron chi connectivity index (χ2n) is 5.97. The standard InChI is InChI=1S/C21H17F2N3O3S/c1-14(27)26(17-5-3-2-4-6-17)21-25-16(13-30-21)9-12-19(28)24-15-7-10-18(11-8-15)29-20(22)23/h2-13,20H,1H3,(H,24,28)/b12-9+. The minimum absolute atomic E-state index is 0.00184. The molecule has 2 aromatic carbocycles. The van der Waals surface area contributed by atoms with Crippen molar-refractivity contribution in [1.29, 1.82) is 0 Å². The molecule has 0 saturated heterocycles. The van der Waals surface area contributed by atoms with Crippen LogP contribution in [0, 0.1) is 0 Å². The first-order valence-electron chi connectivity index (χ1n) is 8.77. The Kier molecular flexibility index (Phi) is 6.87. The number of thiazole rings is 1. The van der Waals surface area contributed by atoms with Gasteiger partial charge in [0.2, 0.25) is 11.8 Å². The molecule has 154 valence electrons. The lowest BCUT2D eigenvalue weighted by atomic mass is 10.3. The van der Waals surface area contributed by atoms with Crippen LogP contribution in [0.3, 0.4) is 0 Å². The summed E-state index contributed by atoms with van der Waals surface area (Å²) in [7, 11) is 0. The Labute approximate surface area is 175 Å². The molecule has 0 unspecified atom stereocenters. The molecule has 0 fully saturated rings. The molecule has 1 N–H and O–H groups in total. The second kappa shape index (κ2) is 9.75. The third kappa shape index (κ3) is 5.71. The number of carbonyl (C=O) groups excluding carboxylic acids is 2. The highest BCUT2D eigenvalue weighted by molar-refractivity contribution is 7.14. The van der Waals surface area contributed by atoms with Crippen molar-refractivity contribution in [3.05, 3.63) is 71.7 Å². The summed E-state index contributed by atoms with van der Waals surface area (Å²) in [6, 6.07) is 14.7. The molecule has 30 heavy (non-hydrogen) atoms. The topological polar surface area (TPSA) is 71.5 Å². The number of para-hydroxylation sites is 1. The van der Waals surface area contributed by atoms with Crippen molar-refractivity contribution in [3.63, 3.8) is 0 Å². The number of benzene rings is 2. The Bertz CT molecular complexity index is 1040. The van der Waals surface area contributed by atoms with Crippen LogP contribution in [-0.4, -0.2) is 23.4 Å². The number of amides is 2. The van der Waals surface area contributed by atoms with Crippen LogP contribution in [0.15, 0.2) is 66.1 Å². The molecule has 0 saturated carbocycles. The van der Waals surface area contributed by atoms with Gasteiger partial charge < -0.3 is 10.1 Å². The number of aromatic nitrogens is 1. The maximum absolute atomic E-state index is 12.2. The molecule has 1 aromatic heterocycles. The summed E-state index contributed by atoms with van der Waals surface area (Å²) in [5.41, 5.74) is 1.65. The van der Waals surface area contributed by atoms with Crippen LogP contribution in [0.4, 0.5) is 25.3 Å². The zero-order valence-electron chi connectivity index (χ0n) is 15.8. The van der Waals surface area contributed by atoms with Crippen molar-refractivity contribution in [2.45, 2.75) is 13.5 Å². The Hall–Kier alpha value is -3.59. The Morgan fingerprint density at radius 1 is 1.13 bits per heavy atom. The minimum Gasteiger partial charge on any atom is -0.435 e. The lowest BCUT2D eigenvalue weighted by Gasteiger charge is -2.17. The lowest BCUT2D eigenvalue weighted by Crippen LogP contribution is -2.22. The van der Waals surface area contributed by atoms with E-state index in [1.165, 1.54) is 59.6 Å². The van der Waals surface area contributed by atoms with E-state index in [1.807, 2.05) is 30.3 Å². The largest absolute Gasteiger partial charge is 0.435 e. The van der Waals surface area contributed by atoms with Crippen LogP contribution in [0.25, 0.3) is 6.08 Å². The number of halogens is 2. The fraction of sp³-hybridized carbons (Fsp3) is 0.0952. The van der Waals surface area contributed by atoms with Gasteiger partial charge in [0.1, 0.15) is 5.75 Å². The van der Waals surface area contributed by atoms with E-state index in [0.29, 0.717) is 22.2 Å². The van der Waals surface area contributed by atoms with E-state index in [1.54, 1.807) is 5.38 Å². The number of nitrogens with one attached hydrogen (secondary N) is 1. The van der Waals surface area contributed by atoms with Crippen LogP contribution < -0.4 is 15.0 Å². The van der Waals surface area contributed by atoms with Gasteiger partial charge in [-0.2, -0.15) is 8.78 Å². The van der Waals surface area contributed by atoms with Crippen molar-refractivity contribution < 1.29 is 23.1 Å². The third-order valence-electron chi connectivity index (χ3n) is 3.78. The van der Waals surface area contributed by atoms with Crippen LogP contribution in [-0.2, 0) is 9.59 Å². The molecule has 0 bridgehead atoms. The van der Waals surface area contributed by atoms with Crippen LogP contribution in [0.2, 0.25) is 0 Å². The number of hydrogen-bond donors (Lipinski definition) is 1. The van der Waals surface area contributed by atoms with Gasteiger partial charge in [-0.15, -0.1) is 11.3 Å². The smallest absolute Gasteiger partial charge is 0.387 e. The van der Waals surface area contributed by atoms with Crippen LogP contribution >= 0.6 is 11.3 Å². The summed E-state index contributed by atoms with van der Waals surface area (Å²) in [5.74, 6) is -0.594. The average Bonchev–Trinajstić information content (AvgIpc) is 3.16. The lowest BCUT2D eigenvalue weighted by molar-refractivity contribution is -0.116. The highest BCUT2D eigenvalue weighted by Gasteiger charge is 2.17. The first-order chi connectivity index (χ1) is 14.4. The van der Waals surface area contributed by atoms with Gasteiger partial charge in [-0.1, -0.05) is 18.2 Å². The minimum atomic E-state index is -2.91. The van der Waals surface area contributed by atoms with Gasteiger partial charge >= 0.3 is 6.61 Å². The third-order valence-corrected chi connectivity index (χ3v) is 4.63. The van der Waals surface area contributed by atoms with Crippen LogP contribution in [0.5, 0.6) is 5.75 Å². The Morgan fingerprint density at radius 3 is 2.47 bits per heavy atom. The fourth-order valence-corrected chi connectivity index (χ4v) is 3.38. The number of nitrogens with zero attached hydrogens (tertiary/aromatic N) is 2. The van der Waals surface area contributed by atoms with E-state index in [-0.39, 0.29) is 11.7 Å². The summed E-state index contributed by atoms with van der Waals surface area (Å²) >= 11 is 1.28. The number of carbonyl (C=O) groups is 2. The average molecular weight is 429 g/mol. The SMILES string of the molecule is CC(=O)N(c1ccccc1)c1nc(/C=C/C(=O)Nc2ccc(OC(F)F)cc2)cs1. The molecule has 6 nitrogen and oxygen atoms in total. The molecule has 0 aliphatic heterocycles. The van der Waals surface area contributed by atoms with Gasteiger partial charge in [-0.25, -0.2) is 4.98 Å². The first kappa shape index (κ1) is 21.1. The Balaban J connectivity index is 1.64. The van der Waals surface area contributed by atoms with E-state index < -0.39 is 12.5 Å². The molecule has 0 aliphatic rings. The van der Waals surface area contributed by atoms with Gasteiger partial charge in [0.25, 0.3) is 0 Å². The van der Waals surface area contributed by atoms with E-state index in [9.17, 15) is 18.4 Å². The molecule has 0 atom stereocenters. The first-order valence-corrected chi connectivity index (χ1v) is 9.65. The predicted octanol–water partition coefficient (Wildman–Crippen LogP) is 5.08. The number of anilines is 3. The number of alkyl halides is 2. The molecular formula is C21H17F2N3O3S. The van der Waals surface area contributed by atoms with Gasteiger partial charge in [0, 0.05) is 24.1 Å². The maximum atomic E-state index is 12.2. The molecule has 0 spiro atoms. The molecule has 0 radical (unpaired) electrons. The fourth-order valence-electron chi connectivity index (χ4n) is 2.52. The summed E-state index contributed by atoms with van der Waals surface area (Å²) in [6.07, 6.45) is 2.82. The normalized spacial score (nSPS) is 10.9. The van der Waals surface area contributed by atoms with Crippen molar-refractivity contribution in [2.75, 3.05) is 10.2 Å². The van der Waals surface area contributed by atoms with Gasteiger partial charge in [-0.3, -0.25) is 14.5 Å². The number of hydrogen-bond acceptors (Lipinski definition) is 5. The molecule has 0 aliphatic carbocycles. The zero-order chi connectivity index (χ0) is 21.5. The molecule has 1 heterocycles.